The third-order valence-electron chi connectivity index (χ3n) is 4.49. The van der Waals surface area contributed by atoms with Crippen molar-refractivity contribution in [3.05, 3.63) is 29.8 Å². The lowest BCUT2D eigenvalue weighted by atomic mass is 9.97. The molecule has 104 valence electrons. The highest BCUT2D eigenvalue weighted by Gasteiger charge is 2.21. The van der Waals surface area contributed by atoms with Crippen molar-refractivity contribution in [3.63, 3.8) is 0 Å². The van der Waals surface area contributed by atoms with Crippen LogP contribution in [0.4, 0.5) is 5.69 Å². The summed E-state index contributed by atoms with van der Waals surface area (Å²) in [6, 6.07) is 8.87. The second kappa shape index (κ2) is 5.93. The van der Waals surface area contributed by atoms with Crippen molar-refractivity contribution in [1.29, 1.82) is 0 Å². The minimum Gasteiger partial charge on any atom is -0.371 e. The highest BCUT2D eigenvalue weighted by atomic mass is 15.2. The van der Waals surface area contributed by atoms with Crippen molar-refractivity contribution in [3.8, 4) is 0 Å². The first kappa shape index (κ1) is 12.9. The molecule has 2 aliphatic heterocycles. The number of fused-ring (bicyclic) bond motifs is 1. The van der Waals surface area contributed by atoms with Crippen LogP contribution in [0.2, 0.25) is 0 Å². The summed E-state index contributed by atoms with van der Waals surface area (Å²) in [5.74, 6) is 0. The van der Waals surface area contributed by atoms with Gasteiger partial charge in [0.25, 0.3) is 0 Å². The minimum atomic E-state index is 0.228. The molecule has 3 nitrogen and oxygen atoms in total. The van der Waals surface area contributed by atoms with Crippen molar-refractivity contribution in [1.82, 2.24) is 4.90 Å². The molecular formula is C16H25N3. The minimum absolute atomic E-state index is 0.228. The van der Waals surface area contributed by atoms with Gasteiger partial charge in [-0.2, -0.15) is 0 Å². The standard InChI is InChI=1S/C16H25N3/c17-15-8-13-19(16-7-2-1-6-14(15)16)12-5-11-18-9-3-4-10-18/h1-2,6-7,15H,3-5,8-13,17H2. The fraction of sp³-hybridized carbons (Fsp3) is 0.625. The largest absolute Gasteiger partial charge is 0.371 e. The van der Waals surface area contributed by atoms with E-state index in [1.165, 1.54) is 56.7 Å². The molecular weight excluding hydrogens is 234 g/mol. The Balaban J connectivity index is 1.58. The maximum atomic E-state index is 6.20. The molecule has 0 radical (unpaired) electrons. The molecule has 0 aliphatic carbocycles. The van der Waals surface area contributed by atoms with Crippen LogP contribution in [0, 0.1) is 0 Å². The van der Waals surface area contributed by atoms with Gasteiger partial charge in [0, 0.05) is 24.8 Å². The first-order chi connectivity index (χ1) is 9.34. The predicted molar refractivity (Wildman–Crippen MR) is 80.5 cm³/mol. The Hall–Kier alpha value is -1.06. The number of hydrogen-bond donors (Lipinski definition) is 1. The van der Waals surface area contributed by atoms with Gasteiger partial charge < -0.3 is 15.5 Å². The highest BCUT2D eigenvalue weighted by molar-refractivity contribution is 5.56. The summed E-state index contributed by atoms with van der Waals surface area (Å²) in [5.41, 5.74) is 8.89. The van der Waals surface area contributed by atoms with Gasteiger partial charge in [-0.05, 0) is 56.9 Å². The molecule has 1 fully saturated rings. The van der Waals surface area contributed by atoms with Gasteiger partial charge in [-0.25, -0.2) is 0 Å². The number of rotatable bonds is 4. The van der Waals surface area contributed by atoms with Gasteiger partial charge in [0.2, 0.25) is 0 Å². The van der Waals surface area contributed by atoms with Gasteiger partial charge in [0.05, 0.1) is 0 Å². The zero-order valence-corrected chi connectivity index (χ0v) is 11.7. The summed E-state index contributed by atoms with van der Waals surface area (Å²) in [5, 5.41) is 0. The molecule has 1 unspecified atom stereocenters. The fourth-order valence-corrected chi connectivity index (χ4v) is 3.38. The maximum absolute atomic E-state index is 6.20. The molecule has 2 aliphatic rings. The quantitative estimate of drug-likeness (QED) is 0.901. The van der Waals surface area contributed by atoms with E-state index in [0.717, 1.165) is 13.0 Å². The topological polar surface area (TPSA) is 32.5 Å². The van der Waals surface area contributed by atoms with E-state index < -0.39 is 0 Å². The maximum Gasteiger partial charge on any atom is 0.0414 e. The van der Waals surface area contributed by atoms with Crippen LogP contribution >= 0.6 is 0 Å². The third kappa shape index (κ3) is 2.93. The highest BCUT2D eigenvalue weighted by Crippen LogP contribution is 2.32. The summed E-state index contributed by atoms with van der Waals surface area (Å²) in [6.45, 7) is 6.14. The van der Waals surface area contributed by atoms with Gasteiger partial charge in [-0.15, -0.1) is 0 Å². The lowest BCUT2D eigenvalue weighted by molar-refractivity contribution is 0.334. The van der Waals surface area contributed by atoms with Crippen molar-refractivity contribution in [2.45, 2.75) is 31.7 Å². The van der Waals surface area contributed by atoms with Gasteiger partial charge in [0.1, 0.15) is 0 Å². The number of nitrogens with zero attached hydrogens (tertiary/aromatic N) is 2. The van der Waals surface area contributed by atoms with E-state index >= 15 is 0 Å². The molecule has 1 aromatic carbocycles. The van der Waals surface area contributed by atoms with Crippen molar-refractivity contribution >= 4 is 5.69 Å². The van der Waals surface area contributed by atoms with E-state index in [0.29, 0.717) is 0 Å². The summed E-state index contributed by atoms with van der Waals surface area (Å²) < 4.78 is 0. The first-order valence-electron chi connectivity index (χ1n) is 7.66. The van der Waals surface area contributed by atoms with Crippen LogP contribution in [0.1, 0.15) is 37.3 Å². The first-order valence-corrected chi connectivity index (χ1v) is 7.66. The third-order valence-corrected chi connectivity index (χ3v) is 4.49. The molecule has 0 bridgehead atoms. The molecule has 3 heteroatoms. The summed E-state index contributed by atoms with van der Waals surface area (Å²) in [4.78, 5) is 5.12. The molecule has 0 saturated carbocycles. The summed E-state index contributed by atoms with van der Waals surface area (Å²) in [7, 11) is 0. The number of hydrogen-bond acceptors (Lipinski definition) is 3. The second-order valence-electron chi connectivity index (χ2n) is 5.84. The van der Waals surface area contributed by atoms with Crippen molar-refractivity contribution < 1.29 is 0 Å². The molecule has 1 atom stereocenters. The normalized spacial score (nSPS) is 23.6. The van der Waals surface area contributed by atoms with Gasteiger partial charge in [-0.3, -0.25) is 0 Å². The number of nitrogens with two attached hydrogens (primary N) is 1. The molecule has 2 N–H and O–H groups in total. The van der Waals surface area contributed by atoms with Crippen molar-refractivity contribution in [2.24, 2.45) is 5.73 Å². The Morgan fingerprint density at radius 1 is 1.05 bits per heavy atom. The number of likely N-dealkylation sites (tertiary alicyclic amines) is 1. The average Bonchev–Trinajstić information content (AvgIpc) is 2.95. The van der Waals surface area contributed by atoms with Crippen molar-refractivity contribution in [2.75, 3.05) is 37.6 Å². The Morgan fingerprint density at radius 2 is 1.84 bits per heavy atom. The molecule has 3 rings (SSSR count). The van der Waals surface area contributed by atoms with E-state index in [-0.39, 0.29) is 6.04 Å². The Labute approximate surface area is 116 Å². The molecule has 2 heterocycles. The number of benzene rings is 1. The molecule has 0 spiro atoms. The van der Waals surface area contributed by atoms with Crippen LogP contribution in [0.25, 0.3) is 0 Å². The SMILES string of the molecule is NC1CCN(CCCN2CCCC2)c2ccccc21. The second-order valence-corrected chi connectivity index (χ2v) is 5.84. The van der Waals surface area contributed by atoms with Crippen LogP contribution in [0.15, 0.2) is 24.3 Å². The monoisotopic (exact) mass is 259 g/mol. The molecule has 1 saturated heterocycles. The molecule has 0 aromatic heterocycles. The molecule has 1 aromatic rings. The van der Waals surface area contributed by atoms with E-state index in [1.807, 2.05) is 0 Å². The zero-order valence-electron chi connectivity index (χ0n) is 11.7. The summed E-state index contributed by atoms with van der Waals surface area (Å²) >= 11 is 0. The van der Waals surface area contributed by atoms with Crippen LogP contribution in [-0.4, -0.2) is 37.6 Å². The Bertz CT molecular complexity index is 412. The van der Waals surface area contributed by atoms with Crippen LogP contribution < -0.4 is 10.6 Å². The number of anilines is 1. The summed E-state index contributed by atoms with van der Waals surface area (Å²) in [6.07, 6.45) is 5.13. The smallest absolute Gasteiger partial charge is 0.0414 e. The van der Waals surface area contributed by atoms with E-state index in [4.69, 9.17) is 5.73 Å². The van der Waals surface area contributed by atoms with Gasteiger partial charge in [-0.1, -0.05) is 18.2 Å². The van der Waals surface area contributed by atoms with E-state index in [9.17, 15) is 0 Å². The van der Waals surface area contributed by atoms with Gasteiger partial charge in [0.15, 0.2) is 0 Å². The Kier molecular flexibility index (Phi) is 4.04. The van der Waals surface area contributed by atoms with Gasteiger partial charge >= 0.3 is 0 Å². The average molecular weight is 259 g/mol. The van der Waals surface area contributed by atoms with Crippen LogP contribution in [0.5, 0.6) is 0 Å². The van der Waals surface area contributed by atoms with E-state index in [1.54, 1.807) is 0 Å². The molecule has 0 amide bonds. The van der Waals surface area contributed by atoms with E-state index in [2.05, 4.69) is 34.1 Å². The van der Waals surface area contributed by atoms with Crippen LogP contribution in [-0.2, 0) is 0 Å². The Morgan fingerprint density at radius 3 is 2.68 bits per heavy atom. The number of para-hydroxylation sites is 1. The fourth-order valence-electron chi connectivity index (χ4n) is 3.38. The lowest BCUT2D eigenvalue weighted by Crippen LogP contribution is -2.35. The predicted octanol–water partition coefficient (Wildman–Crippen LogP) is 2.38. The zero-order chi connectivity index (χ0) is 13.1. The van der Waals surface area contributed by atoms with Crippen LogP contribution in [0.3, 0.4) is 0 Å². The lowest BCUT2D eigenvalue weighted by Gasteiger charge is -2.34. The molecule has 19 heavy (non-hydrogen) atoms.